The smallest absolute Gasteiger partial charge is 0.289 e. The number of nitrogens with two attached hydrogens (primary N) is 1. The maximum atomic E-state index is 12.4. The number of sulfonamides is 1. The number of benzene rings is 1. The van der Waals surface area contributed by atoms with Crippen molar-refractivity contribution in [2.24, 2.45) is 5.73 Å². The van der Waals surface area contributed by atoms with Crippen LogP contribution < -0.4 is 5.73 Å². The SMILES string of the molecule is NC1CCCN(S(=O)(=O)c2ccccc2[N+](=O)[O-])C1. The van der Waals surface area contributed by atoms with Gasteiger partial charge < -0.3 is 5.73 Å². The number of piperidine rings is 1. The van der Waals surface area contributed by atoms with Gasteiger partial charge >= 0.3 is 0 Å². The summed E-state index contributed by atoms with van der Waals surface area (Å²) in [6, 6.07) is 5.15. The zero-order valence-corrected chi connectivity index (χ0v) is 11.0. The van der Waals surface area contributed by atoms with E-state index in [0.29, 0.717) is 13.0 Å². The highest BCUT2D eigenvalue weighted by atomic mass is 32.2. The lowest BCUT2D eigenvalue weighted by molar-refractivity contribution is -0.387. The molecule has 0 aromatic heterocycles. The summed E-state index contributed by atoms with van der Waals surface area (Å²) in [7, 11) is -3.86. The number of hydrogen-bond donors (Lipinski definition) is 1. The Bertz CT molecular complexity index is 587. The lowest BCUT2D eigenvalue weighted by Crippen LogP contribution is -2.45. The molecule has 1 aromatic rings. The molecule has 1 heterocycles. The van der Waals surface area contributed by atoms with Crippen molar-refractivity contribution >= 4 is 15.7 Å². The first-order valence-electron chi connectivity index (χ1n) is 5.92. The molecular weight excluding hydrogens is 270 g/mol. The summed E-state index contributed by atoms with van der Waals surface area (Å²) in [6.07, 6.45) is 1.43. The molecule has 0 bridgehead atoms. The van der Waals surface area contributed by atoms with Crippen molar-refractivity contribution in [3.63, 3.8) is 0 Å². The molecule has 1 saturated heterocycles. The van der Waals surface area contributed by atoms with Gasteiger partial charge in [0.05, 0.1) is 4.92 Å². The number of nitro benzene ring substituents is 1. The molecule has 1 unspecified atom stereocenters. The maximum Gasteiger partial charge on any atom is 0.289 e. The molecule has 1 atom stereocenters. The summed E-state index contributed by atoms with van der Waals surface area (Å²) in [5.41, 5.74) is 5.36. The van der Waals surface area contributed by atoms with E-state index < -0.39 is 20.6 Å². The fourth-order valence-electron chi connectivity index (χ4n) is 2.16. The Morgan fingerprint density at radius 1 is 1.37 bits per heavy atom. The molecule has 0 saturated carbocycles. The quantitative estimate of drug-likeness (QED) is 0.650. The molecule has 8 heteroatoms. The fourth-order valence-corrected chi connectivity index (χ4v) is 3.85. The molecule has 7 nitrogen and oxygen atoms in total. The largest absolute Gasteiger partial charge is 0.327 e. The van der Waals surface area contributed by atoms with Crippen molar-refractivity contribution in [2.45, 2.75) is 23.8 Å². The molecule has 1 aromatic carbocycles. The van der Waals surface area contributed by atoms with Crippen molar-refractivity contribution in [3.05, 3.63) is 34.4 Å². The highest BCUT2D eigenvalue weighted by Gasteiger charge is 2.33. The number of nitro groups is 1. The third-order valence-electron chi connectivity index (χ3n) is 3.10. The van der Waals surface area contributed by atoms with Crippen molar-refractivity contribution in [1.82, 2.24) is 4.31 Å². The van der Waals surface area contributed by atoms with Crippen LogP contribution in [0.3, 0.4) is 0 Å². The van der Waals surface area contributed by atoms with Gasteiger partial charge in [-0.1, -0.05) is 12.1 Å². The van der Waals surface area contributed by atoms with Crippen LogP contribution in [-0.4, -0.2) is 36.8 Å². The van der Waals surface area contributed by atoms with Gasteiger partial charge in [0.1, 0.15) is 0 Å². The van der Waals surface area contributed by atoms with Crippen LogP contribution in [0.25, 0.3) is 0 Å². The van der Waals surface area contributed by atoms with Gasteiger partial charge in [-0.15, -0.1) is 0 Å². The van der Waals surface area contributed by atoms with Crippen LogP contribution >= 0.6 is 0 Å². The van der Waals surface area contributed by atoms with Crippen molar-refractivity contribution in [2.75, 3.05) is 13.1 Å². The standard InChI is InChI=1S/C11H15N3O4S/c12-9-4-3-7-13(8-9)19(17,18)11-6-2-1-5-10(11)14(15)16/h1-2,5-6,9H,3-4,7-8,12H2. The van der Waals surface area contributed by atoms with E-state index in [1.54, 1.807) is 0 Å². The van der Waals surface area contributed by atoms with Crippen LogP contribution in [0.2, 0.25) is 0 Å². The lowest BCUT2D eigenvalue weighted by Gasteiger charge is -2.29. The Kier molecular flexibility index (Phi) is 3.83. The minimum Gasteiger partial charge on any atom is -0.327 e. The van der Waals surface area contributed by atoms with Gasteiger partial charge in [-0.05, 0) is 18.9 Å². The molecule has 0 radical (unpaired) electrons. The fraction of sp³-hybridized carbons (Fsp3) is 0.455. The van der Waals surface area contributed by atoms with E-state index in [-0.39, 0.29) is 17.5 Å². The maximum absolute atomic E-state index is 12.4. The summed E-state index contributed by atoms with van der Waals surface area (Å²) in [4.78, 5) is 9.96. The zero-order chi connectivity index (χ0) is 14.0. The van der Waals surface area contributed by atoms with Gasteiger partial charge in [-0.2, -0.15) is 4.31 Å². The predicted molar refractivity (Wildman–Crippen MR) is 69.1 cm³/mol. The molecule has 1 fully saturated rings. The van der Waals surface area contributed by atoms with Gasteiger partial charge in [0.25, 0.3) is 5.69 Å². The van der Waals surface area contributed by atoms with Crippen molar-refractivity contribution in [3.8, 4) is 0 Å². The third-order valence-corrected chi connectivity index (χ3v) is 5.01. The molecule has 0 spiro atoms. The third kappa shape index (κ3) is 2.75. The summed E-state index contributed by atoms with van der Waals surface area (Å²) >= 11 is 0. The van der Waals surface area contributed by atoms with E-state index in [1.165, 1.54) is 28.6 Å². The van der Waals surface area contributed by atoms with E-state index in [0.717, 1.165) is 6.42 Å². The van der Waals surface area contributed by atoms with E-state index in [1.807, 2.05) is 0 Å². The normalized spacial score (nSPS) is 21.2. The zero-order valence-electron chi connectivity index (χ0n) is 10.2. The van der Waals surface area contributed by atoms with Gasteiger partial charge in [0, 0.05) is 25.2 Å². The number of rotatable bonds is 3. The Morgan fingerprint density at radius 3 is 2.68 bits per heavy atom. The molecule has 104 valence electrons. The topological polar surface area (TPSA) is 107 Å². The molecule has 19 heavy (non-hydrogen) atoms. The Balaban J connectivity index is 2.42. The Labute approximate surface area is 111 Å². The molecule has 2 N–H and O–H groups in total. The molecule has 1 aliphatic heterocycles. The molecule has 0 aliphatic carbocycles. The second kappa shape index (κ2) is 5.24. The predicted octanol–water partition coefficient (Wildman–Crippen LogP) is 0.707. The van der Waals surface area contributed by atoms with E-state index >= 15 is 0 Å². The highest BCUT2D eigenvalue weighted by molar-refractivity contribution is 7.89. The number of para-hydroxylation sites is 1. The van der Waals surface area contributed by atoms with E-state index in [4.69, 9.17) is 5.73 Å². The van der Waals surface area contributed by atoms with Crippen molar-refractivity contribution in [1.29, 1.82) is 0 Å². The van der Waals surface area contributed by atoms with E-state index in [2.05, 4.69) is 0 Å². The van der Waals surface area contributed by atoms with Crippen LogP contribution in [0.4, 0.5) is 5.69 Å². The van der Waals surface area contributed by atoms with Crippen LogP contribution in [0.15, 0.2) is 29.2 Å². The average molecular weight is 285 g/mol. The minimum absolute atomic E-state index is 0.203. The second-order valence-electron chi connectivity index (χ2n) is 4.49. The number of nitrogens with zero attached hydrogens (tertiary/aromatic N) is 2. The van der Waals surface area contributed by atoms with Gasteiger partial charge in [0.15, 0.2) is 4.90 Å². The summed E-state index contributed by atoms with van der Waals surface area (Å²) in [5.74, 6) is 0. The first-order chi connectivity index (χ1) is 8.93. The monoisotopic (exact) mass is 285 g/mol. The molecule has 2 rings (SSSR count). The summed E-state index contributed by atoms with van der Waals surface area (Å²) < 4.78 is 26.1. The van der Waals surface area contributed by atoms with Crippen LogP contribution in [0.1, 0.15) is 12.8 Å². The number of hydrogen-bond acceptors (Lipinski definition) is 5. The van der Waals surface area contributed by atoms with E-state index in [9.17, 15) is 18.5 Å². The van der Waals surface area contributed by atoms with Crippen molar-refractivity contribution < 1.29 is 13.3 Å². The Morgan fingerprint density at radius 2 is 2.05 bits per heavy atom. The average Bonchev–Trinajstić information content (AvgIpc) is 2.38. The molecule has 0 amide bonds. The highest BCUT2D eigenvalue weighted by Crippen LogP contribution is 2.27. The van der Waals surface area contributed by atoms with Gasteiger partial charge in [-0.25, -0.2) is 8.42 Å². The lowest BCUT2D eigenvalue weighted by atomic mass is 10.1. The second-order valence-corrected chi connectivity index (χ2v) is 6.40. The van der Waals surface area contributed by atoms with Crippen LogP contribution in [0.5, 0.6) is 0 Å². The minimum atomic E-state index is -3.86. The Hall–Kier alpha value is -1.51. The van der Waals surface area contributed by atoms with Crippen LogP contribution in [-0.2, 0) is 10.0 Å². The van der Waals surface area contributed by atoms with Crippen LogP contribution in [0, 0.1) is 10.1 Å². The molecular formula is C11H15N3O4S. The summed E-state index contributed by atoms with van der Waals surface area (Å²) in [6.45, 7) is 0.552. The van der Waals surface area contributed by atoms with Gasteiger partial charge in [-0.3, -0.25) is 10.1 Å². The van der Waals surface area contributed by atoms with Gasteiger partial charge in [0.2, 0.25) is 10.0 Å². The first kappa shape index (κ1) is 13.9. The molecule has 1 aliphatic rings. The first-order valence-corrected chi connectivity index (χ1v) is 7.36. The summed E-state index contributed by atoms with van der Waals surface area (Å²) in [5, 5.41) is 10.9.